The van der Waals surface area contributed by atoms with Crippen molar-refractivity contribution in [2.75, 3.05) is 30.4 Å². The van der Waals surface area contributed by atoms with Gasteiger partial charge in [-0.05, 0) is 80.5 Å². The van der Waals surface area contributed by atoms with E-state index in [1.807, 2.05) is 43.3 Å². The van der Waals surface area contributed by atoms with Crippen LogP contribution in [0.25, 0.3) is 10.2 Å². The number of rotatable bonds is 8. The number of amides is 4. The second-order valence-electron chi connectivity index (χ2n) is 11.9. The standard InChI is InChI=1S/C35H32N6O5S/c1-20-16-24(46-28-8-4-3-7-27(28)45-2)11-12-25(20)41-26-13-14-37-33-29(26)30(39-35(41)44)31(47-33)32(42)38-23-6-5-15-40(19-23)34(43)22(18-36)17-21-9-10-21/h3-4,7-8,11-14,16-17,21,23H,5-6,9-10,15,19H2,1-2H3,(H,38,42)(H,39,44). The van der Waals surface area contributed by atoms with E-state index >= 15 is 0 Å². The van der Waals surface area contributed by atoms with E-state index in [1.54, 1.807) is 41.3 Å². The first-order chi connectivity index (χ1) is 22.8. The Labute approximate surface area is 275 Å². The zero-order valence-electron chi connectivity index (χ0n) is 25.9. The van der Waals surface area contributed by atoms with Crippen molar-refractivity contribution >= 4 is 56.5 Å². The van der Waals surface area contributed by atoms with Crippen molar-refractivity contribution in [3.05, 3.63) is 76.8 Å². The maximum absolute atomic E-state index is 13.7. The van der Waals surface area contributed by atoms with E-state index in [1.165, 1.54) is 11.3 Å². The zero-order valence-corrected chi connectivity index (χ0v) is 26.7. The largest absolute Gasteiger partial charge is 0.493 e. The smallest absolute Gasteiger partial charge is 0.331 e. The van der Waals surface area contributed by atoms with Gasteiger partial charge in [-0.1, -0.05) is 18.2 Å². The molecule has 0 bridgehead atoms. The molecule has 0 radical (unpaired) electrons. The van der Waals surface area contributed by atoms with Gasteiger partial charge in [-0.2, -0.15) is 5.26 Å². The molecule has 1 unspecified atom stereocenters. The zero-order chi connectivity index (χ0) is 32.7. The molecule has 2 N–H and O–H groups in total. The number of urea groups is 1. The Hall–Kier alpha value is -5.41. The number of carbonyl (C=O) groups is 3. The minimum atomic E-state index is -0.403. The number of allylic oxidation sites excluding steroid dienone is 1. The Morgan fingerprint density at radius 2 is 1.94 bits per heavy atom. The van der Waals surface area contributed by atoms with E-state index in [4.69, 9.17) is 9.47 Å². The molecular weight excluding hydrogens is 616 g/mol. The molecular formula is C35H32N6O5S. The van der Waals surface area contributed by atoms with Crippen LogP contribution < -0.4 is 25.0 Å². The van der Waals surface area contributed by atoms with Gasteiger partial charge in [0.05, 0.1) is 29.6 Å². The van der Waals surface area contributed by atoms with Crippen molar-refractivity contribution in [1.29, 1.82) is 5.26 Å². The summed E-state index contributed by atoms with van der Waals surface area (Å²) in [5.41, 5.74) is 2.67. The van der Waals surface area contributed by atoms with Gasteiger partial charge in [0.1, 0.15) is 27.1 Å². The first-order valence-corrected chi connectivity index (χ1v) is 16.3. The molecule has 7 rings (SSSR count). The third-order valence-electron chi connectivity index (χ3n) is 8.58. The molecule has 0 spiro atoms. The highest BCUT2D eigenvalue weighted by atomic mass is 32.1. The van der Waals surface area contributed by atoms with Crippen LogP contribution in [0.4, 0.5) is 21.9 Å². The monoisotopic (exact) mass is 648 g/mol. The van der Waals surface area contributed by atoms with Gasteiger partial charge < -0.3 is 25.0 Å². The number of nitrogens with one attached hydrogen (secondary N) is 2. The molecule has 4 amide bonds. The number of hydrogen-bond donors (Lipinski definition) is 2. The van der Waals surface area contributed by atoms with E-state index < -0.39 is 6.03 Å². The first-order valence-electron chi connectivity index (χ1n) is 15.5. The number of hydrogen-bond acceptors (Lipinski definition) is 8. The van der Waals surface area contributed by atoms with Crippen molar-refractivity contribution in [3.63, 3.8) is 0 Å². The highest BCUT2D eigenvalue weighted by molar-refractivity contribution is 7.21. The van der Waals surface area contributed by atoms with Crippen LogP contribution in [0.3, 0.4) is 0 Å². The summed E-state index contributed by atoms with van der Waals surface area (Å²) in [6.45, 7) is 2.75. The third kappa shape index (κ3) is 5.86. The number of pyridine rings is 1. The lowest BCUT2D eigenvalue weighted by molar-refractivity contribution is -0.128. The molecule has 1 aliphatic carbocycles. The molecule has 2 aliphatic heterocycles. The van der Waals surface area contributed by atoms with Gasteiger partial charge in [-0.3, -0.25) is 14.5 Å². The van der Waals surface area contributed by atoms with Crippen molar-refractivity contribution in [3.8, 4) is 23.3 Å². The lowest BCUT2D eigenvalue weighted by Crippen LogP contribution is -2.50. The van der Waals surface area contributed by atoms with Crippen LogP contribution in [0.15, 0.2) is 66.4 Å². The van der Waals surface area contributed by atoms with Crippen LogP contribution in [0.5, 0.6) is 17.2 Å². The van der Waals surface area contributed by atoms with Crippen molar-refractivity contribution in [2.45, 2.75) is 38.6 Å². The maximum Gasteiger partial charge on any atom is 0.331 e. The summed E-state index contributed by atoms with van der Waals surface area (Å²) in [7, 11) is 1.59. The minimum Gasteiger partial charge on any atom is -0.493 e. The molecule has 3 aliphatic rings. The summed E-state index contributed by atoms with van der Waals surface area (Å²) in [4.78, 5) is 49.1. The number of anilines is 3. The van der Waals surface area contributed by atoms with Gasteiger partial charge in [-0.25, -0.2) is 9.78 Å². The van der Waals surface area contributed by atoms with Crippen LogP contribution in [0, 0.1) is 24.2 Å². The van der Waals surface area contributed by atoms with E-state index in [9.17, 15) is 19.6 Å². The Morgan fingerprint density at radius 3 is 2.68 bits per heavy atom. The quantitative estimate of drug-likeness (QED) is 0.161. The van der Waals surface area contributed by atoms with Crippen LogP contribution in [0.2, 0.25) is 0 Å². The number of nitrogens with zero attached hydrogens (tertiary/aromatic N) is 4. The molecule has 1 saturated carbocycles. The van der Waals surface area contributed by atoms with E-state index in [-0.39, 0.29) is 23.4 Å². The molecule has 12 heteroatoms. The average Bonchev–Trinajstić information content (AvgIpc) is 3.83. The number of likely N-dealkylation sites (tertiary alicyclic amines) is 1. The highest BCUT2D eigenvalue weighted by Crippen LogP contribution is 2.46. The minimum absolute atomic E-state index is 0.174. The first kappa shape index (κ1) is 30.3. The Bertz CT molecular complexity index is 1990. The van der Waals surface area contributed by atoms with Crippen molar-refractivity contribution < 1.29 is 23.9 Å². The number of aryl methyl sites for hydroxylation is 1. The Morgan fingerprint density at radius 1 is 1.13 bits per heavy atom. The molecule has 2 aromatic carbocycles. The number of ether oxygens (including phenoxy) is 2. The Kier molecular flexibility index (Phi) is 7.99. The SMILES string of the molecule is COc1ccccc1Oc1ccc(N2C(=O)Nc3c(C(=O)NC4CCCN(C(=O)C(C#N)=CC5CC5)C4)sc4nccc2c34)c(C)c1. The lowest BCUT2D eigenvalue weighted by Gasteiger charge is -2.33. The topological polar surface area (TPSA) is 137 Å². The van der Waals surface area contributed by atoms with Gasteiger partial charge in [0.15, 0.2) is 11.5 Å². The van der Waals surface area contributed by atoms with Crippen molar-refractivity contribution in [2.24, 2.45) is 5.92 Å². The summed E-state index contributed by atoms with van der Waals surface area (Å²) >= 11 is 1.21. The number of para-hydroxylation sites is 2. The van der Waals surface area contributed by atoms with E-state index in [0.717, 1.165) is 18.4 Å². The van der Waals surface area contributed by atoms with Gasteiger partial charge in [0.2, 0.25) is 0 Å². The van der Waals surface area contributed by atoms with Crippen LogP contribution in [0.1, 0.15) is 40.9 Å². The van der Waals surface area contributed by atoms with E-state index in [0.29, 0.717) is 81.3 Å². The molecule has 47 heavy (non-hydrogen) atoms. The van der Waals surface area contributed by atoms with Gasteiger partial charge in [-0.15, -0.1) is 11.3 Å². The molecule has 4 heterocycles. The van der Waals surface area contributed by atoms with Gasteiger partial charge >= 0.3 is 6.03 Å². The summed E-state index contributed by atoms with van der Waals surface area (Å²) in [5.74, 6) is 1.46. The maximum atomic E-state index is 13.7. The predicted octanol–water partition coefficient (Wildman–Crippen LogP) is 6.67. The van der Waals surface area contributed by atoms with Crippen molar-refractivity contribution in [1.82, 2.24) is 15.2 Å². The number of nitriles is 1. The number of methoxy groups -OCH3 is 1. The number of benzene rings is 2. The lowest BCUT2D eigenvalue weighted by atomic mass is 10.0. The fraction of sp³-hybridized carbons (Fsp3) is 0.286. The number of carbonyl (C=O) groups excluding carboxylic acids is 3. The second-order valence-corrected chi connectivity index (χ2v) is 12.9. The van der Waals surface area contributed by atoms with E-state index in [2.05, 4.69) is 21.7 Å². The summed E-state index contributed by atoms with van der Waals surface area (Å²) in [6.07, 6.45) is 6.82. The number of piperidine rings is 1. The van der Waals surface area contributed by atoms with Crippen LogP contribution >= 0.6 is 11.3 Å². The molecule has 4 aromatic rings. The molecule has 2 fully saturated rings. The van der Waals surface area contributed by atoms with Gasteiger partial charge in [0.25, 0.3) is 11.8 Å². The average molecular weight is 649 g/mol. The summed E-state index contributed by atoms with van der Waals surface area (Å²) in [5, 5.41) is 16.2. The number of thiophene rings is 1. The molecule has 238 valence electrons. The van der Waals surface area contributed by atoms with Crippen LogP contribution in [-0.2, 0) is 4.79 Å². The van der Waals surface area contributed by atoms with Gasteiger partial charge in [0, 0.05) is 25.3 Å². The second kappa shape index (κ2) is 12.4. The summed E-state index contributed by atoms with van der Waals surface area (Å²) < 4.78 is 11.5. The molecule has 1 atom stereocenters. The fourth-order valence-electron chi connectivity index (χ4n) is 6.11. The third-order valence-corrected chi connectivity index (χ3v) is 9.67. The van der Waals surface area contributed by atoms with Crippen LogP contribution in [-0.4, -0.2) is 54.0 Å². The fourth-order valence-corrected chi connectivity index (χ4v) is 7.13. The highest BCUT2D eigenvalue weighted by Gasteiger charge is 2.35. The predicted molar refractivity (Wildman–Crippen MR) is 179 cm³/mol. The normalized spacial score (nSPS) is 17.6. The molecule has 1 saturated heterocycles. The Balaban J connectivity index is 1.12. The summed E-state index contributed by atoms with van der Waals surface area (Å²) in [6, 6.07) is 16.0. The molecule has 11 nitrogen and oxygen atoms in total. The number of aromatic nitrogens is 1. The molecule has 2 aromatic heterocycles.